The maximum atomic E-state index is 12.5. The summed E-state index contributed by atoms with van der Waals surface area (Å²) in [6.07, 6.45) is 0.640. The molecular formula is C16H22N2O3. The number of ether oxygens (including phenoxy) is 1. The van der Waals surface area contributed by atoms with E-state index in [0.29, 0.717) is 25.1 Å². The van der Waals surface area contributed by atoms with Crippen molar-refractivity contribution in [1.29, 1.82) is 0 Å². The van der Waals surface area contributed by atoms with Crippen LogP contribution in [-0.4, -0.2) is 51.1 Å². The Hall–Kier alpha value is -2.04. The lowest BCUT2D eigenvalue weighted by molar-refractivity contribution is -0.150. The van der Waals surface area contributed by atoms with E-state index in [0.717, 1.165) is 5.69 Å². The van der Waals surface area contributed by atoms with Crippen molar-refractivity contribution in [3.63, 3.8) is 0 Å². The lowest BCUT2D eigenvalue weighted by Gasteiger charge is -2.22. The zero-order valence-electron chi connectivity index (χ0n) is 13.0. The third-order valence-corrected chi connectivity index (χ3v) is 4.07. The van der Waals surface area contributed by atoms with Gasteiger partial charge in [-0.1, -0.05) is 0 Å². The largest absolute Gasteiger partial charge is 0.469 e. The lowest BCUT2D eigenvalue weighted by atomic mass is 9.90. The summed E-state index contributed by atoms with van der Waals surface area (Å²) in [6.45, 7) is 2.84. The van der Waals surface area contributed by atoms with Gasteiger partial charge in [-0.2, -0.15) is 0 Å². The fourth-order valence-electron chi connectivity index (χ4n) is 2.63. The Balaban J connectivity index is 2.09. The highest BCUT2D eigenvalue weighted by atomic mass is 16.5. The molecule has 0 spiro atoms. The maximum absolute atomic E-state index is 12.5. The van der Waals surface area contributed by atoms with Crippen molar-refractivity contribution in [3.8, 4) is 0 Å². The van der Waals surface area contributed by atoms with E-state index < -0.39 is 5.41 Å². The number of benzene rings is 1. The normalized spacial score (nSPS) is 21.2. The molecule has 114 valence electrons. The summed E-state index contributed by atoms with van der Waals surface area (Å²) in [5, 5.41) is 0. The molecule has 0 N–H and O–H groups in total. The second-order valence-electron chi connectivity index (χ2n) is 5.97. The molecule has 0 radical (unpaired) electrons. The number of methoxy groups -OCH3 is 1. The van der Waals surface area contributed by atoms with E-state index in [1.54, 1.807) is 4.90 Å². The number of carbonyl (C=O) groups is 2. The quantitative estimate of drug-likeness (QED) is 0.796. The van der Waals surface area contributed by atoms with Crippen LogP contribution < -0.4 is 4.90 Å². The van der Waals surface area contributed by atoms with Gasteiger partial charge in [-0.3, -0.25) is 9.59 Å². The van der Waals surface area contributed by atoms with Crippen molar-refractivity contribution in [2.45, 2.75) is 13.3 Å². The minimum Gasteiger partial charge on any atom is -0.469 e. The van der Waals surface area contributed by atoms with Gasteiger partial charge in [0.05, 0.1) is 12.5 Å². The summed E-state index contributed by atoms with van der Waals surface area (Å²) < 4.78 is 4.83. The summed E-state index contributed by atoms with van der Waals surface area (Å²) in [7, 11) is 5.30. The summed E-state index contributed by atoms with van der Waals surface area (Å²) in [6, 6.07) is 7.49. The molecule has 5 heteroatoms. The second-order valence-corrected chi connectivity index (χ2v) is 5.97. The van der Waals surface area contributed by atoms with Gasteiger partial charge in [-0.05, 0) is 37.6 Å². The first kappa shape index (κ1) is 15.4. The molecular weight excluding hydrogens is 268 g/mol. The van der Waals surface area contributed by atoms with Crippen molar-refractivity contribution >= 4 is 17.6 Å². The number of amides is 1. The van der Waals surface area contributed by atoms with Crippen LogP contribution in [0.3, 0.4) is 0 Å². The number of anilines is 1. The predicted octanol–water partition coefficient (Wildman–Crippen LogP) is 1.78. The molecule has 0 bridgehead atoms. The molecule has 0 saturated carbocycles. The Kier molecular flexibility index (Phi) is 4.21. The molecule has 2 rings (SSSR count). The van der Waals surface area contributed by atoms with Crippen molar-refractivity contribution in [2.75, 3.05) is 39.2 Å². The lowest BCUT2D eigenvalue weighted by Crippen LogP contribution is -2.35. The average Bonchev–Trinajstić information content (AvgIpc) is 2.89. The Morgan fingerprint density at radius 1 is 1.24 bits per heavy atom. The first-order valence-corrected chi connectivity index (χ1v) is 7.02. The summed E-state index contributed by atoms with van der Waals surface area (Å²) >= 11 is 0. The maximum Gasteiger partial charge on any atom is 0.313 e. The van der Waals surface area contributed by atoms with Crippen LogP contribution in [0.25, 0.3) is 0 Å². The molecule has 1 aromatic rings. The van der Waals surface area contributed by atoms with Gasteiger partial charge in [-0.25, -0.2) is 0 Å². The van der Waals surface area contributed by atoms with Crippen LogP contribution in [0.5, 0.6) is 0 Å². The van der Waals surface area contributed by atoms with Gasteiger partial charge in [0, 0.05) is 38.4 Å². The van der Waals surface area contributed by atoms with E-state index in [9.17, 15) is 9.59 Å². The molecule has 0 aliphatic carbocycles. The number of rotatable bonds is 3. The third kappa shape index (κ3) is 3.01. The molecule has 1 atom stereocenters. The van der Waals surface area contributed by atoms with E-state index in [-0.39, 0.29) is 11.9 Å². The molecule has 5 nitrogen and oxygen atoms in total. The topological polar surface area (TPSA) is 49.9 Å². The molecule has 0 aromatic heterocycles. The molecule has 1 fully saturated rings. The number of nitrogens with zero attached hydrogens (tertiary/aromatic N) is 2. The summed E-state index contributed by atoms with van der Waals surface area (Å²) in [4.78, 5) is 28.0. The van der Waals surface area contributed by atoms with Crippen LogP contribution >= 0.6 is 0 Å². The van der Waals surface area contributed by atoms with Gasteiger partial charge in [0.25, 0.3) is 5.91 Å². The SMILES string of the molecule is COC(=O)C1(C)CCN(C(=O)c2ccc(N(C)C)cc2)C1. The number of esters is 1. The highest BCUT2D eigenvalue weighted by Gasteiger charge is 2.43. The van der Waals surface area contributed by atoms with Gasteiger partial charge >= 0.3 is 5.97 Å². The van der Waals surface area contributed by atoms with Gasteiger partial charge in [0.15, 0.2) is 0 Å². The number of hydrogen-bond acceptors (Lipinski definition) is 4. The van der Waals surface area contributed by atoms with Crippen LogP contribution in [0.4, 0.5) is 5.69 Å². The molecule has 1 unspecified atom stereocenters. The van der Waals surface area contributed by atoms with E-state index in [2.05, 4.69) is 0 Å². The molecule has 1 aliphatic rings. The first-order valence-electron chi connectivity index (χ1n) is 7.02. The summed E-state index contributed by atoms with van der Waals surface area (Å²) in [5.74, 6) is -0.284. The van der Waals surface area contributed by atoms with Crippen molar-refractivity contribution in [1.82, 2.24) is 4.90 Å². The van der Waals surface area contributed by atoms with Gasteiger partial charge in [0.2, 0.25) is 0 Å². The summed E-state index contributed by atoms with van der Waals surface area (Å²) in [5.41, 5.74) is 1.11. The standard InChI is InChI=1S/C16H22N2O3/c1-16(15(20)21-4)9-10-18(11-16)14(19)12-5-7-13(8-6-12)17(2)3/h5-8H,9-11H2,1-4H3. The van der Waals surface area contributed by atoms with Gasteiger partial charge < -0.3 is 14.5 Å². The average molecular weight is 290 g/mol. The molecule has 1 heterocycles. The van der Waals surface area contributed by atoms with Crippen LogP contribution in [0.2, 0.25) is 0 Å². The van der Waals surface area contributed by atoms with E-state index >= 15 is 0 Å². The molecule has 1 saturated heterocycles. The van der Waals surface area contributed by atoms with Gasteiger partial charge in [-0.15, -0.1) is 0 Å². The van der Waals surface area contributed by atoms with Crippen molar-refractivity contribution in [2.24, 2.45) is 5.41 Å². The van der Waals surface area contributed by atoms with Gasteiger partial charge in [0.1, 0.15) is 0 Å². The number of hydrogen-bond donors (Lipinski definition) is 0. The first-order chi connectivity index (χ1) is 9.87. The van der Waals surface area contributed by atoms with Crippen molar-refractivity contribution < 1.29 is 14.3 Å². The fraction of sp³-hybridized carbons (Fsp3) is 0.500. The van der Waals surface area contributed by atoms with E-state index in [4.69, 9.17) is 4.74 Å². The molecule has 21 heavy (non-hydrogen) atoms. The molecule has 1 aliphatic heterocycles. The van der Waals surface area contributed by atoms with E-state index in [1.807, 2.05) is 50.2 Å². The van der Waals surface area contributed by atoms with Crippen LogP contribution in [0.1, 0.15) is 23.7 Å². The van der Waals surface area contributed by atoms with Crippen LogP contribution in [-0.2, 0) is 9.53 Å². The second kappa shape index (κ2) is 5.76. The Morgan fingerprint density at radius 2 is 1.86 bits per heavy atom. The highest BCUT2D eigenvalue weighted by molar-refractivity contribution is 5.95. The fourth-order valence-corrected chi connectivity index (χ4v) is 2.63. The molecule has 1 aromatic carbocycles. The molecule has 1 amide bonds. The van der Waals surface area contributed by atoms with Crippen molar-refractivity contribution in [3.05, 3.63) is 29.8 Å². The van der Waals surface area contributed by atoms with Crippen LogP contribution in [0.15, 0.2) is 24.3 Å². The van der Waals surface area contributed by atoms with Crippen LogP contribution in [0, 0.1) is 5.41 Å². The zero-order chi connectivity index (χ0) is 15.6. The third-order valence-electron chi connectivity index (χ3n) is 4.07. The minimum absolute atomic E-state index is 0.0343. The Morgan fingerprint density at radius 3 is 2.38 bits per heavy atom. The Bertz CT molecular complexity index is 539. The number of carbonyl (C=O) groups excluding carboxylic acids is 2. The highest BCUT2D eigenvalue weighted by Crippen LogP contribution is 2.32. The Labute approximate surface area is 125 Å². The zero-order valence-corrected chi connectivity index (χ0v) is 13.0. The predicted molar refractivity (Wildman–Crippen MR) is 81.4 cm³/mol. The monoisotopic (exact) mass is 290 g/mol. The number of likely N-dealkylation sites (tertiary alicyclic amines) is 1. The van der Waals surface area contributed by atoms with E-state index in [1.165, 1.54) is 7.11 Å². The minimum atomic E-state index is -0.589. The smallest absolute Gasteiger partial charge is 0.313 e.